The second-order valence-electron chi connectivity index (χ2n) is 7.58. The highest BCUT2D eigenvalue weighted by Crippen LogP contribution is 2.55. The third kappa shape index (κ3) is 2.92. The molecule has 2 amide bonds. The zero-order valence-electron chi connectivity index (χ0n) is 13.2. The van der Waals surface area contributed by atoms with Gasteiger partial charge in [0, 0.05) is 11.1 Å². The molecular formula is C18H23N3O2. The Hall–Kier alpha value is -2.04. The van der Waals surface area contributed by atoms with Gasteiger partial charge >= 0.3 is 6.03 Å². The predicted molar refractivity (Wildman–Crippen MR) is 88.3 cm³/mol. The van der Waals surface area contributed by atoms with Gasteiger partial charge in [-0.05, 0) is 68.4 Å². The zero-order chi connectivity index (χ0) is 15.9. The molecule has 0 unspecified atom stereocenters. The van der Waals surface area contributed by atoms with E-state index in [-0.39, 0.29) is 17.3 Å². The highest BCUT2D eigenvalue weighted by atomic mass is 16.3. The summed E-state index contributed by atoms with van der Waals surface area (Å²) in [5, 5.41) is 16.8. The molecule has 0 heterocycles. The smallest absolute Gasteiger partial charge is 0.335 e. The number of rotatable bonds is 3. The summed E-state index contributed by atoms with van der Waals surface area (Å²) in [7, 11) is 0. The van der Waals surface area contributed by atoms with Gasteiger partial charge in [0.25, 0.3) is 0 Å². The average molecular weight is 313 g/mol. The van der Waals surface area contributed by atoms with Crippen molar-refractivity contribution in [3.63, 3.8) is 0 Å². The Kier molecular flexibility index (Phi) is 3.51. The molecule has 3 N–H and O–H groups in total. The molecular weight excluding hydrogens is 290 g/mol. The largest absolute Gasteiger partial charge is 0.507 e. The molecule has 5 rings (SSSR count). The van der Waals surface area contributed by atoms with Crippen molar-refractivity contribution < 1.29 is 9.90 Å². The number of phenols is 1. The molecule has 4 fully saturated rings. The SMILES string of the molecule is O=C(N/N=C\c1ccccc1O)NC12CC3CC(CC(C3)C1)C2. The number of benzene rings is 1. The topological polar surface area (TPSA) is 73.7 Å². The fourth-order valence-electron chi connectivity index (χ4n) is 5.29. The van der Waals surface area contributed by atoms with Crippen LogP contribution < -0.4 is 10.7 Å². The van der Waals surface area contributed by atoms with Crippen molar-refractivity contribution in [1.29, 1.82) is 0 Å². The van der Waals surface area contributed by atoms with Crippen LogP contribution in [0.3, 0.4) is 0 Å². The molecule has 5 nitrogen and oxygen atoms in total. The van der Waals surface area contributed by atoms with Gasteiger partial charge in [-0.25, -0.2) is 10.2 Å². The number of amides is 2. The number of para-hydroxylation sites is 1. The van der Waals surface area contributed by atoms with Gasteiger partial charge < -0.3 is 10.4 Å². The van der Waals surface area contributed by atoms with Crippen molar-refractivity contribution in [3.8, 4) is 5.75 Å². The van der Waals surface area contributed by atoms with Crippen LogP contribution in [-0.2, 0) is 0 Å². The van der Waals surface area contributed by atoms with Gasteiger partial charge in [-0.2, -0.15) is 5.10 Å². The van der Waals surface area contributed by atoms with E-state index in [1.165, 1.54) is 25.5 Å². The van der Waals surface area contributed by atoms with Crippen LogP contribution in [0.25, 0.3) is 0 Å². The lowest BCUT2D eigenvalue weighted by atomic mass is 9.53. The van der Waals surface area contributed by atoms with E-state index >= 15 is 0 Å². The second kappa shape index (κ2) is 5.55. The maximum absolute atomic E-state index is 12.2. The molecule has 1 aromatic rings. The molecule has 4 saturated carbocycles. The monoisotopic (exact) mass is 313 g/mol. The molecule has 5 heteroatoms. The third-order valence-corrected chi connectivity index (χ3v) is 5.72. The third-order valence-electron chi connectivity index (χ3n) is 5.72. The van der Waals surface area contributed by atoms with Crippen LogP contribution in [0, 0.1) is 17.8 Å². The highest BCUT2D eigenvalue weighted by molar-refractivity contribution is 5.84. The van der Waals surface area contributed by atoms with Gasteiger partial charge in [0.2, 0.25) is 0 Å². The maximum atomic E-state index is 12.2. The lowest BCUT2D eigenvalue weighted by molar-refractivity contribution is -0.0135. The Labute approximate surface area is 136 Å². The van der Waals surface area contributed by atoms with Crippen molar-refractivity contribution in [2.24, 2.45) is 22.9 Å². The van der Waals surface area contributed by atoms with Crippen molar-refractivity contribution in [2.75, 3.05) is 0 Å². The number of nitrogens with one attached hydrogen (secondary N) is 2. The first kappa shape index (κ1) is 14.5. The van der Waals surface area contributed by atoms with Crippen LogP contribution >= 0.6 is 0 Å². The van der Waals surface area contributed by atoms with E-state index in [9.17, 15) is 9.90 Å². The Balaban J connectivity index is 1.36. The van der Waals surface area contributed by atoms with Crippen LogP contribution in [0.4, 0.5) is 4.79 Å². The molecule has 0 aromatic heterocycles. The predicted octanol–water partition coefficient (Wildman–Crippen LogP) is 2.99. The molecule has 4 aliphatic rings. The summed E-state index contributed by atoms with van der Waals surface area (Å²) < 4.78 is 0. The lowest BCUT2D eigenvalue weighted by Crippen LogP contribution is -2.61. The first-order valence-corrected chi connectivity index (χ1v) is 8.51. The number of hydrazone groups is 1. The van der Waals surface area contributed by atoms with Crippen LogP contribution in [0.5, 0.6) is 5.75 Å². The zero-order valence-corrected chi connectivity index (χ0v) is 13.2. The van der Waals surface area contributed by atoms with E-state index in [0.717, 1.165) is 37.0 Å². The highest BCUT2D eigenvalue weighted by Gasteiger charge is 2.51. The van der Waals surface area contributed by atoms with Gasteiger partial charge in [-0.3, -0.25) is 0 Å². The first-order chi connectivity index (χ1) is 11.1. The molecule has 1 aromatic carbocycles. The summed E-state index contributed by atoms with van der Waals surface area (Å²) in [6, 6.07) is 6.67. The molecule has 122 valence electrons. The van der Waals surface area contributed by atoms with E-state index in [2.05, 4.69) is 15.8 Å². The van der Waals surface area contributed by atoms with Gasteiger partial charge in [-0.15, -0.1) is 0 Å². The summed E-state index contributed by atoms with van der Waals surface area (Å²) in [5.74, 6) is 2.54. The Morgan fingerprint density at radius 2 is 1.74 bits per heavy atom. The molecule has 0 spiro atoms. The number of phenolic OH excluding ortho intramolecular Hbond substituents is 1. The van der Waals surface area contributed by atoms with Gasteiger partial charge in [0.05, 0.1) is 6.21 Å². The summed E-state index contributed by atoms with van der Waals surface area (Å²) >= 11 is 0. The minimum absolute atomic E-state index is 0.0107. The van der Waals surface area contributed by atoms with Gasteiger partial charge in [0.15, 0.2) is 0 Å². The second-order valence-corrected chi connectivity index (χ2v) is 7.58. The fraction of sp³-hybridized carbons (Fsp3) is 0.556. The van der Waals surface area contributed by atoms with E-state index in [0.29, 0.717) is 5.56 Å². The molecule has 0 atom stereocenters. The normalized spacial score (nSPS) is 34.7. The summed E-state index contributed by atoms with van der Waals surface area (Å²) in [6.07, 6.45) is 8.89. The Morgan fingerprint density at radius 3 is 2.35 bits per heavy atom. The lowest BCUT2D eigenvalue weighted by Gasteiger charge is -2.56. The van der Waals surface area contributed by atoms with Crippen LogP contribution in [0.15, 0.2) is 29.4 Å². The number of aromatic hydroxyl groups is 1. The average Bonchev–Trinajstić information content (AvgIpc) is 2.47. The van der Waals surface area contributed by atoms with E-state index in [1.54, 1.807) is 18.2 Å². The molecule has 0 aliphatic heterocycles. The van der Waals surface area contributed by atoms with Crippen molar-refractivity contribution in [2.45, 2.75) is 44.1 Å². The minimum Gasteiger partial charge on any atom is -0.507 e. The summed E-state index contributed by atoms with van der Waals surface area (Å²) in [4.78, 5) is 12.2. The van der Waals surface area contributed by atoms with Gasteiger partial charge in [-0.1, -0.05) is 12.1 Å². The van der Waals surface area contributed by atoms with E-state index < -0.39 is 0 Å². The van der Waals surface area contributed by atoms with Crippen molar-refractivity contribution >= 4 is 12.2 Å². The number of hydrogen-bond acceptors (Lipinski definition) is 3. The quantitative estimate of drug-likeness (QED) is 0.593. The fourth-order valence-corrected chi connectivity index (χ4v) is 5.29. The van der Waals surface area contributed by atoms with Crippen LogP contribution in [-0.4, -0.2) is 22.9 Å². The van der Waals surface area contributed by atoms with Crippen LogP contribution in [0.1, 0.15) is 44.1 Å². The molecule has 4 bridgehead atoms. The minimum atomic E-state index is -0.237. The molecule has 0 saturated heterocycles. The standard InChI is InChI=1S/C18H23N3O2/c22-16-4-2-1-3-15(16)11-19-21-17(23)20-18-8-12-5-13(9-18)7-14(6-12)10-18/h1-4,11-14,22H,5-10H2,(H2,20,21,23)/b19-11-. The number of nitrogens with zero attached hydrogens (tertiary/aromatic N) is 1. The Morgan fingerprint density at radius 1 is 1.13 bits per heavy atom. The van der Waals surface area contributed by atoms with Crippen molar-refractivity contribution in [3.05, 3.63) is 29.8 Å². The summed E-state index contributed by atoms with van der Waals surface area (Å²) in [5.41, 5.74) is 3.12. The summed E-state index contributed by atoms with van der Waals surface area (Å²) in [6.45, 7) is 0. The Bertz CT molecular complexity index is 606. The van der Waals surface area contributed by atoms with E-state index in [1.807, 2.05) is 6.07 Å². The number of hydrogen-bond donors (Lipinski definition) is 3. The molecule has 4 aliphatic carbocycles. The van der Waals surface area contributed by atoms with E-state index in [4.69, 9.17) is 0 Å². The molecule has 23 heavy (non-hydrogen) atoms. The number of carbonyl (C=O) groups excluding carboxylic acids is 1. The maximum Gasteiger partial charge on any atom is 0.335 e. The first-order valence-electron chi connectivity index (χ1n) is 8.51. The van der Waals surface area contributed by atoms with Crippen molar-refractivity contribution in [1.82, 2.24) is 10.7 Å². The molecule has 0 radical (unpaired) electrons. The van der Waals surface area contributed by atoms with Crippen LogP contribution in [0.2, 0.25) is 0 Å². The van der Waals surface area contributed by atoms with Gasteiger partial charge in [0.1, 0.15) is 5.75 Å². The number of carbonyl (C=O) groups is 1. The number of urea groups is 1.